The topological polar surface area (TPSA) is 79.4 Å². The van der Waals surface area contributed by atoms with Gasteiger partial charge in [-0.2, -0.15) is 0 Å². The fourth-order valence-corrected chi connectivity index (χ4v) is 5.67. The van der Waals surface area contributed by atoms with Gasteiger partial charge in [-0.25, -0.2) is 8.42 Å². The smallest absolute Gasteiger partial charge is 0.258 e. The highest BCUT2D eigenvalue weighted by atomic mass is 32.2. The predicted octanol–water partition coefficient (Wildman–Crippen LogP) is 3.08. The Morgan fingerprint density at radius 3 is 2.61 bits per heavy atom. The number of amides is 1. The van der Waals surface area contributed by atoms with Crippen molar-refractivity contribution < 1.29 is 13.2 Å². The number of hydrogen-bond donors (Lipinski definition) is 1. The summed E-state index contributed by atoms with van der Waals surface area (Å²) in [6.07, 6.45) is 7.82. The van der Waals surface area contributed by atoms with E-state index in [0.29, 0.717) is 12.1 Å². The SMILES string of the molecule is CS(=O)(=O)CC1CCC2(CC1)Nc1ccccc1C(=O)N2Cc1cccnc1. The number of carbonyl (C=O) groups excluding carboxylic acids is 1. The number of rotatable bonds is 4. The van der Waals surface area contributed by atoms with Crippen LogP contribution in [0.4, 0.5) is 5.69 Å². The molecule has 1 saturated carbocycles. The summed E-state index contributed by atoms with van der Waals surface area (Å²) in [7, 11) is -3.00. The van der Waals surface area contributed by atoms with E-state index in [2.05, 4.69) is 10.3 Å². The number of hydrogen-bond acceptors (Lipinski definition) is 5. The molecule has 2 aromatic rings. The van der Waals surface area contributed by atoms with Crippen LogP contribution in [0, 0.1) is 5.92 Å². The first-order chi connectivity index (χ1) is 13.4. The van der Waals surface area contributed by atoms with Gasteiger partial charge in [0.1, 0.15) is 15.5 Å². The standard InChI is InChI=1S/C21H25N3O3S/c1-28(26,27)15-16-8-10-21(11-9-16)23-19-7-3-2-6-18(19)20(25)24(21)14-17-5-4-12-22-13-17/h2-7,12-13,16,23H,8-11,14-15H2,1H3. The Bertz CT molecular complexity index is 967. The third-order valence-electron chi connectivity index (χ3n) is 5.82. The summed E-state index contributed by atoms with van der Waals surface area (Å²) in [6.45, 7) is 0.477. The summed E-state index contributed by atoms with van der Waals surface area (Å²) >= 11 is 0. The lowest BCUT2D eigenvalue weighted by molar-refractivity contribution is 0.0319. The Morgan fingerprint density at radius 2 is 1.93 bits per heavy atom. The van der Waals surface area contributed by atoms with Crippen LogP contribution in [0.1, 0.15) is 41.6 Å². The molecule has 1 fully saturated rings. The number of carbonyl (C=O) groups is 1. The van der Waals surface area contributed by atoms with Gasteiger partial charge < -0.3 is 10.2 Å². The van der Waals surface area contributed by atoms with E-state index in [0.717, 1.165) is 36.9 Å². The molecule has 0 atom stereocenters. The number of para-hydroxylation sites is 1. The second kappa shape index (κ2) is 7.20. The minimum atomic E-state index is -3.00. The lowest BCUT2D eigenvalue weighted by Crippen LogP contribution is -2.61. The normalized spacial score (nSPS) is 24.7. The number of fused-ring (bicyclic) bond motifs is 1. The quantitative estimate of drug-likeness (QED) is 0.855. The number of nitrogens with one attached hydrogen (secondary N) is 1. The summed E-state index contributed by atoms with van der Waals surface area (Å²) in [5.41, 5.74) is 2.02. The van der Waals surface area contributed by atoms with Crippen molar-refractivity contribution in [3.05, 3.63) is 59.9 Å². The number of anilines is 1. The zero-order valence-electron chi connectivity index (χ0n) is 16.0. The Labute approximate surface area is 165 Å². The highest BCUT2D eigenvalue weighted by Gasteiger charge is 2.46. The molecule has 0 bridgehead atoms. The predicted molar refractivity (Wildman–Crippen MR) is 109 cm³/mol. The van der Waals surface area contributed by atoms with Crippen LogP contribution < -0.4 is 5.32 Å². The summed E-state index contributed by atoms with van der Waals surface area (Å²) in [5, 5.41) is 3.63. The largest absolute Gasteiger partial charge is 0.362 e. The van der Waals surface area contributed by atoms with E-state index in [1.165, 1.54) is 6.26 Å². The first kappa shape index (κ1) is 18.9. The highest BCUT2D eigenvalue weighted by molar-refractivity contribution is 7.90. The van der Waals surface area contributed by atoms with Gasteiger partial charge >= 0.3 is 0 Å². The zero-order valence-corrected chi connectivity index (χ0v) is 16.8. The van der Waals surface area contributed by atoms with Gasteiger partial charge in [0.2, 0.25) is 0 Å². The average Bonchev–Trinajstić information content (AvgIpc) is 2.67. The van der Waals surface area contributed by atoms with Gasteiger partial charge in [-0.3, -0.25) is 9.78 Å². The second-order valence-corrected chi connectivity index (χ2v) is 10.2. The second-order valence-electron chi connectivity index (χ2n) is 7.99. The van der Waals surface area contributed by atoms with E-state index in [1.54, 1.807) is 12.4 Å². The van der Waals surface area contributed by atoms with Crippen LogP contribution >= 0.6 is 0 Å². The minimum Gasteiger partial charge on any atom is -0.362 e. The Hall–Kier alpha value is -2.41. The van der Waals surface area contributed by atoms with Gasteiger partial charge in [-0.15, -0.1) is 0 Å². The van der Waals surface area contributed by atoms with Crippen LogP contribution in [-0.2, 0) is 16.4 Å². The van der Waals surface area contributed by atoms with Gasteiger partial charge in [0.05, 0.1) is 11.3 Å². The van der Waals surface area contributed by atoms with Crippen molar-refractivity contribution in [2.75, 3.05) is 17.3 Å². The molecule has 1 aliphatic carbocycles. The first-order valence-electron chi connectivity index (χ1n) is 9.62. The number of pyridine rings is 1. The molecule has 4 rings (SSSR count). The maximum atomic E-state index is 13.4. The molecule has 0 unspecified atom stereocenters. The molecule has 0 radical (unpaired) electrons. The van der Waals surface area contributed by atoms with Gasteiger partial charge in [0.25, 0.3) is 5.91 Å². The molecule has 0 saturated heterocycles. The molecule has 1 aromatic carbocycles. The van der Waals surface area contributed by atoms with Crippen LogP contribution in [0.5, 0.6) is 0 Å². The Morgan fingerprint density at radius 1 is 1.18 bits per heavy atom. The highest BCUT2D eigenvalue weighted by Crippen LogP contribution is 2.43. The molecular weight excluding hydrogens is 374 g/mol. The van der Waals surface area contributed by atoms with Crippen molar-refractivity contribution in [2.45, 2.75) is 37.9 Å². The van der Waals surface area contributed by atoms with E-state index in [1.807, 2.05) is 41.3 Å². The Kier molecular flexibility index (Phi) is 4.87. The lowest BCUT2D eigenvalue weighted by Gasteiger charge is -2.51. The van der Waals surface area contributed by atoms with Gasteiger partial charge in [-0.05, 0) is 55.4 Å². The molecule has 28 heavy (non-hydrogen) atoms. The monoisotopic (exact) mass is 399 g/mol. The summed E-state index contributed by atoms with van der Waals surface area (Å²) in [4.78, 5) is 19.5. The van der Waals surface area contributed by atoms with E-state index in [9.17, 15) is 13.2 Å². The average molecular weight is 400 g/mol. The van der Waals surface area contributed by atoms with Crippen LogP contribution in [0.25, 0.3) is 0 Å². The molecule has 2 heterocycles. The first-order valence-corrected chi connectivity index (χ1v) is 11.7. The molecule has 1 spiro atoms. The molecule has 148 valence electrons. The molecule has 7 heteroatoms. The lowest BCUT2D eigenvalue weighted by atomic mass is 9.79. The van der Waals surface area contributed by atoms with Gasteiger partial charge in [-0.1, -0.05) is 18.2 Å². The summed E-state index contributed by atoms with van der Waals surface area (Å²) < 4.78 is 23.4. The van der Waals surface area contributed by atoms with Gasteiger partial charge in [0, 0.05) is 30.9 Å². The fourth-order valence-electron chi connectivity index (χ4n) is 4.48. The van der Waals surface area contributed by atoms with Crippen molar-refractivity contribution in [2.24, 2.45) is 5.92 Å². The number of aromatic nitrogens is 1. The number of benzene rings is 1. The molecule has 1 N–H and O–H groups in total. The van der Waals surface area contributed by atoms with Crippen molar-refractivity contribution in [1.29, 1.82) is 0 Å². The summed E-state index contributed by atoms with van der Waals surface area (Å²) in [5.74, 6) is 0.380. The van der Waals surface area contributed by atoms with Crippen molar-refractivity contribution in [3.8, 4) is 0 Å². The number of sulfone groups is 1. The molecule has 1 amide bonds. The molecular formula is C21H25N3O3S. The van der Waals surface area contributed by atoms with E-state index < -0.39 is 15.5 Å². The minimum absolute atomic E-state index is 0.0137. The van der Waals surface area contributed by atoms with Crippen LogP contribution in [-0.4, -0.2) is 41.9 Å². The van der Waals surface area contributed by atoms with E-state index in [4.69, 9.17) is 0 Å². The van der Waals surface area contributed by atoms with Crippen LogP contribution in [0.2, 0.25) is 0 Å². The van der Waals surface area contributed by atoms with Gasteiger partial charge in [0.15, 0.2) is 0 Å². The van der Waals surface area contributed by atoms with Crippen LogP contribution in [0.3, 0.4) is 0 Å². The third-order valence-corrected chi connectivity index (χ3v) is 6.90. The zero-order chi connectivity index (χ0) is 19.8. The Balaban J connectivity index is 1.64. The molecule has 2 aliphatic rings. The molecule has 1 aliphatic heterocycles. The van der Waals surface area contributed by atoms with Crippen molar-refractivity contribution in [3.63, 3.8) is 0 Å². The van der Waals surface area contributed by atoms with Crippen molar-refractivity contribution in [1.82, 2.24) is 9.88 Å². The van der Waals surface area contributed by atoms with Crippen molar-refractivity contribution >= 4 is 21.4 Å². The van der Waals surface area contributed by atoms with E-state index in [-0.39, 0.29) is 17.6 Å². The van der Waals surface area contributed by atoms with E-state index >= 15 is 0 Å². The molecule has 6 nitrogen and oxygen atoms in total. The maximum Gasteiger partial charge on any atom is 0.258 e. The number of nitrogens with zero attached hydrogens (tertiary/aromatic N) is 2. The molecule has 1 aromatic heterocycles. The summed E-state index contributed by atoms with van der Waals surface area (Å²) in [6, 6.07) is 11.5. The third kappa shape index (κ3) is 3.76. The fraction of sp³-hybridized carbons (Fsp3) is 0.429. The maximum absolute atomic E-state index is 13.4. The van der Waals surface area contributed by atoms with Crippen LogP contribution in [0.15, 0.2) is 48.8 Å².